The molecule has 0 radical (unpaired) electrons. The second kappa shape index (κ2) is 6.31. The van der Waals surface area contributed by atoms with Crippen molar-refractivity contribution in [3.05, 3.63) is 69.8 Å². The molecule has 0 aliphatic carbocycles. The van der Waals surface area contributed by atoms with Gasteiger partial charge in [0.25, 0.3) is 5.56 Å². The Morgan fingerprint density at radius 1 is 1.04 bits per heavy atom. The summed E-state index contributed by atoms with van der Waals surface area (Å²) in [6.07, 6.45) is 0. The van der Waals surface area contributed by atoms with E-state index in [1.54, 1.807) is 11.6 Å². The fourth-order valence-corrected chi connectivity index (χ4v) is 4.47. The highest BCUT2D eigenvalue weighted by Gasteiger charge is 2.24. The molecular formula is C20H16N2O3S. The Kier molecular flexibility index (Phi) is 3.97. The summed E-state index contributed by atoms with van der Waals surface area (Å²) in [7, 11) is 3.12. The van der Waals surface area contributed by atoms with Crippen molar-refractivity contribution in [1.82, 2.24) is 4.57 Å². The van der Waals surface area contributed by atoms with Gasteiger partial charge in [-0.2, -0.15) is 0 Å². The van der Waals surface area contributed by atoms with Crippen LogP contribution in [0.3, 0.4) is 0 Å². The van der Waals surface area contributed by atoms with Crippen LogP contribution in [0.15, 0.2) is 59.4 Å². The molecule has 130 valence electrons. The van der Waals surface area contributed by atoms with E-state index < -0.39 is 5.97 Å². The van der Waals surface area contributed by atoms with Crippen LogP contribution in [0.2, 0.25) is 0 Å². The van der Waals surface area contributed by atoms with Gasteiger partial charge in [0.2, 0.25) is 0 Å². The Morgan fingerprint density at radius 2 is 1.69 bits per heavy atom. The van der Waals surface area contributed by atoms with Gasteiger partial charge in [0.15, 0.2) is 0 Å². The van der Waals surface area contributed by atoms with E-state index in [1.165, 1.54) is 18.4 Å². The number of hydrogen-bond acceptors (Lipinski definition) is 5. The van der Waals surface area contributed by atoms with Gasteiger partial charge in [-0.15, -0.1) is 11.3 Å². The molecule has 26 heavy (non-hydrogen) atoms. The van der Waals surface area contributed by atoms with E-state index in [1.807, 2.05) is 54.6 Å². The number of benzene rings is 2. The van der Waals surface area contributed by atoms with Gasteiger partial charge in [-0.1, -0.05) is 36.4 Å². The van der Waals surface area contributed by atoms with Crippen molar-refractivity contribution in [3.63, 3.8) is 0 Å². The van der Waals surface area contributed by atoms with Crippen LogP contribution >= 0.6 is 11.3 Å². The van der Waals surface area contributed by atoms with Gasteiger partial charge in [0.1, 0.15) is 9.71 Å². The lowest BCUT2D eigenvalue weighted by atomic mass is 10.1. The first kappa shape index (κ1) is 16.4. The number of anilines is 1. The van der Waals surface area contributed by atoms with Crippen LogP contribution in [0, 0.1) is 0 Å². The van der Waals surface area contributed by atoms with Crippen LogP contribution in [0.5, 0.6) is 0 Å². The number of carbonyl (C=O) groups is 1. The highest BCUT2D eigenvalue weighted by atomic mass is 32.1. The van der Waals surface area contributed by atoms with Crippen molar-refractivity contribution in [2.24, 2.45) is 0 Å². The molecule has 4 rings (SSSR count). The lowest BCUT2D eigenvalue weighted by molar-refractivity contribution is 0.0607. The van der Waals surface area contributed by atoms with E-state index in [4.69, 9.17) is 4.74 Å². The summed E-state index contributed by atoms with van der Waals surface area (Å²) in [5, 5.41) is 5.38. The van der Waals surface area contributed by atoms with E-state index in [9.17, 15) is 9.59 Å². The van der Waals surface area contributed by atoms with Crippen LogP contribution in [0.1, 0.15) is 9.67 Å². The zero-order valence-corrected chi connectivity index (χ0v) is 15.1. The number of nitrogens with one attached hydrogen (secondary N) is 1. The van der Waals surface area contributed by atoms with Gasteiger partial charge in [0, 0.05) is 17.8 Å². The largest absolute Gasteiger partial charge is 0.465 e. The minimum Gasteiger partial charge on any atom is -0.465 e. The average molecular weight is 364 g/mol. The summed E-state index contributed by atoms with van der Waals surface area (Å²) >= 11 is 1.26. The van der Waals surface area contributed by atoms with Gasteiger partial charge in [-0.3, -0.25) is 9.36 Å². The van der Waals surface area contributed by atoms with E-state index in [0.717, 1.165) is 16.5 Å². The number of ether oxygens (including phenoxy) is 1. The third kappa shape index (κ3) is 2.30. The fraction of sp³-hybridized carbons (Fsp3) is 0.100. The van der Waals surface area contributed by atoms with Crippen molar-refractivity contribution in [1.29, 1.82) is 0 Å². The first-order valence-corrected chi connectivity index (χ1v) is 8.90. The predicted molar refractivity (Wildman–Crippen MR) is 106 cm³/mol. The summed E-state index contributed by atoms with van der Waals surface area (Å²) in [6, 6.07) is 16.9. The molecule has 2 aromatic heterocycles. The van der Waals surface area contributed by atoms with Crippen LogP contribution in [0.25, 0.3) is 26.7 Å². The smallest absolute Gasteiger partial charge is 0.350 e. The standard InChI is InChI=1S/C20H16N2O3S/c1-21-16-15-13-10-6-7-11-14(13)18(23)22(12-8-4-3-5-9-12)19(15)26-17(16)20(24)25-2/h3-11,21H,1-2H3. The second-order valence-electron chi connectivity index (χ2n) is 5.75. The molecule has 0 saturated carbocycles. The lowest BCUT2D eigenvalue weighted by Crippen LogP contribution is -2.18. The van der Waals surface area contributed by atoms with E-state index >= 15 is 0 Å². The Labute approximate surface area is 153 Å². The first-order valence-electron chi connectivity index (χ1n) is 8.09. The molecule has 2 heterocycles. The summed E-state index contributed by atoms with van der Waals surface area (Å²) in [5.41, 5.74) is 1.32. The predicted octanol–water partition coefficient (Wildman–Crippen LogP) is 4.03. The van der Waals surface area contributed by atoms with Crippen molar-refractivity contribution in [3.8, 4) is 5.69 Å². The highest BCUT2D eigenvalue weighted by Crippen LogP contribution is 2.40. The Balaban J connectivity index is 2.27. The number of nitrogens with zero attached hydrogens (tertiary/aromatic N) is 1. The number of thiophene rings is 1. The zero-order valence-electron chi connectivity index (χ0n) is 14.3. The molecule has 1 N–H and O–H groups in total. The molecule has 0 unspecified atom stereocenters. The monoisotopic (exact) mass is 364 g/mol. The van der Waals surface area contributed by atoms with E-state index in [0.29, 0.717) is 20.8 Å². The number of esters is 1. The quantitative estimate of drug-likeness (QED) is 0.558. The van der Waals surface area contributed by atoms with Crippen LogP contribution < -0.4 is 10.9 Å². The maximum Gasteiger partial charge on any atom is 0.350 e. The molecule has 6 heteroatoms. The van der Waals surface area contributed by atoms with Crippen LogP contribution in [-0.4, -0.2) is 24.7 Å². The molecule has 0 spiro atoms. The molecular weight excluding hydrogens is 348 g/mol. The van der Waals surface area contributed by atoms with Gasteiger partial charge < -0.3 is 10.1 Å². The maximum absolute atomic E-state index is 13.2. The van der Waals surface area contributed by atoms with Crippen molar-refractivity contribution >= 4 is 44.0 Å². The van der Waals surface area contributed by atoms with Crippen molar-refractivity contribution < 1.29 is 9.53 Å². The molecule has 0 amide bonds. The van der Waals surface area contributed by atoms with Gasteiger partial charge >= 0.3 is 5.97 Å². The molecule has 0 fully saturated rings. The lowest BCUT2D eigenvalue weighted by Gasteiger charge is -2.11. The third-order valence-electron chi connectivity index (χ3n) is 4.36. The van der Waals surface area contributed by atoms with Gasteiger partial charge in [-0.05, 0) is 23.6 Å². The molecule has 0 aliphatic heterocycles. The molecule has 0 bridgehead atoms. The second-order valence-corrected chi connectivity index (χ2v) is 6.75. The number of rotatable bonds is 3. The summed E-state index contributed by atoms with van der Waals surface area (Å²) in [5.74, 6) is -0.424. The third-order valence-corrected chi connectivity index (χ3v) is 5.51. The molecule has 4 aromatic rings. The molecule has 5 nitrogen and oxygen atoms in total. The summed E-state index contributed by atoms with van der Waals surface area (Å²) in [4.78, 5) is 26.7. The Bertz CT molecular complexity index is 1190. The molecule has 0 saturated heterocycles. The van der Waals surface area contributed by atoms with E-state index in [2.05, 4.69) is 5.32 Å². The Morgan fingerprint density at radius 3 is 2.35 bits per heavy atom. The number of methoxy groups -OCH3 is 1. The normalized spacial score (nSPS) is 11.0. The number of fused-ring (bicyclic) bond motifs is 3. The topological polar surface area (TPSA) is 60.3 Å². The van der Waals surface area contributed by atoms with Gasteiger partial charge in [0.05, 0.1) is 18.5 Å². The number of aromatic nitrogens is 1. The minimum absolute atomic E-state index is 0.111. The number of carbonyl (C=O) groups excluding carboxylic acids is 1. The number of pyridine rings is 1. The number of para-hydroxylation sites is 1. The fourth-order valence-electron chi connectivity index (χ4n) is 3.21. The summed E-state index contributed by atoms with van der Waals surface area (Å²) in [6.45, 7) is 0. The molecule has 0 atom stereocenters. The van der Waals surface area contributed by atoms with Gasteiger partial charge in [-0.25, -0.2) is 4.79 Å². The highest BCUT2D eigenvalue weighted by molar-refractivity contribution is 7.21. The summed E-state index contributed by atoms with van der Waals surface area (Å²) < 4.78 is 6.60. The average Bonchev–Trinajstić information content (AvgIpc) is 3.07. The van der Waals surface area contributed by atoms with Crippen LogP contribution in [0.4, 0.5) is 5.69 Å². The molecule has 0 aliphatic rings. The van der Waals surface area contributed by atoms with Crippen molar-refractivity contribution in [2.45, 2.75) is 0 Å². The zero-order chi connectivity index (χ0) is 18.3. The van der Waals surface area contributed by atoms with E-state index in [-0.39, 0.29) is 5.56 Å². The van der Waals surface area contributed by atoms with Crippen LogP contribution in [-0.2, 0) is 4.74 Å². The Hall–Kier alpha value is -3.12. The molecule has 2 aromatic carbocycles. The maximum atomic E-state index is 13.2. The SMILES string of the molecule is CNc1c(C(=O)OC)sc2c1c1ccccc1c(=O)n2-c1ccccc1. The van der Waals surface area contributed by atoms with Crippen molar-refractivity contribution in [2.75, 3.05) is 19.5 Å². The minimum atomic E-state index is -0.424. The first-order chi connectivity index (χ1) is 12.7. The number of hydrogen-bond donors (Lipinski definition) is 1.